The zero-order chi connectivity index (χ0) is 19.7. The van der Waals surface area contributed by atoms with Crippen LogP contribution in [-0.4, -0.2) is 17.6 Å². The van der Waals surface area contributed by atoms with Crippen molar-refractivity contribution in [1.29, 1.82) is 0 Å². The first-order valence-electron chi connectivity index (χ1n) is 8.69. The average Bonchev–Trinajstić information content (AvgIpc) is 3.28. The molecule has 1 aromatic heterocycles. The van der Waals surface area contributed by atoms with Gasteiger partial charge in [0.2, 0.25) is 5.79 Å². The lowest BCUT2D eigenvalue weighted by Crippen LogP contribution is -2.29. The Morgan fingerprint density at radius 3 is 2.46 bits per heavy atom. The molecule has 0 saturated heterocycles. The largest absolute Gasteiger partial charge is 0.449 e. The second-order valence-electron chi connectivity index (χ2n) is 6.70. The van der Waals surface area contributed by atoms with Gasteiger partial charge in [0.25, 0.3) is 11.8 Å². The standard InChI is InChI=1S/C21H18N2O4S/c1-21(2)26-16-10-9-13(12-17(16)27-21)22-19(24)14-6-3-4-7-15(14)23-20(25)18-8-5-11-28-18/h3-12H,1-2H3,(H,22,24)(H,23,25). The highest BCUT2D eigenvalue weighted by Gasteiger charge is 2.31. The average molecular weight is 394 g/mol. The third-order valence-corrected chi connectivity index (χ3v) is 4.95. The SMILES string of the molecule is CC1(C)Oc2ccc(NC(=O)c3ccccc3NC(=O)c3cccs3)cc2O1. The molecule has 2 N–H and O–H groups in total. The number of carbonyl (C=O) groups is 2. The lowest BCUT2D eigenvalue weighted by Gasteiger charge is -2.16. The monoisotopic (exact) mass is 394 g/mol. The topological polar surface area (TPSA) is 76.7 Å². The van der Waals surface area contributed by atoms with E-state index in [1.807, 2.05) is 19.2 Å². The van der Waals surface area contributed by atoms with E-state index in [1.54, 1.807) is 54.6 Å². The highest BCUT2D eigenvalue weighted by molar-refractivity contribution is 7.12. The molecule has 0 bridgehead atoms. The van der Waals surface area contributed by atoms with Crippen molar-refractivity contribution >= 4 is 34.5 Å². The molecule has 0 fully saturated rings. The number of hydrogen-bond donors (Lipinski definition) is 2. The van der Waals surface area contributed by atoms with E-state index < -0.39 is 5.79 Å². The van der Waals surface area contributed by atoms with Crippen molar-refractivity contribution in [3.63, 3.8) is 0 Å². The molecule has 0 radical (unpaired) electrons. The van der Waals surface area contributed by atoms with Gasteiger partial charge in [-0.25, -0.2) is 0 Å². The molecule has 1 aliphatic rings. The van der Waals surface area contributed by atoms with Crippen LogP contribution in [0.4, 0.5) is 11.4 Å². The molecule has 2 aromatic carbocycles. The van der Waals surface area contributed by atoms with E-state index in [-0.39, 0.29) is 11.8 Å². The van der Waals surface area contributed by atoms with Crippen LogP contribution in [0.25, 0.3) is 0 Å². The Morgan fingerprint density at radius 1 is 0.893 bits per heavy atom. The maximum atomic E-state index is 12.8. The third kappa shape index (κ3) is 3.70. The zero-order valence-electron chi connectivity index (χ0n) is 15.3. The molecule has 0 saturated carbocycles. The lowest BCUT2D eigenvalue weighted by atomic mass is 10.1. The van der Waals surface area contributed by atoms with Gasteiger partial charge in [-0.2, -0.15) is 0 Å². The number of carbonyl (C=O) groups excluding carboxylic acids is 2. The van der Waals surface area contributed by atoms with Gasteiger partial charge >= 0.3 is 0 Å². The number of nitrogens with one attached hydrogen (secondary N) is 2. The second-order valence-corrected chi connectivity index (χ2v) is 7.64. The number of para-hydroxylation sites is 1. The van der Waals surface area contributed by atoms with Crippen LogP contribution in [0.2, 0.25) is 0 Å². The highest BCUT2D eigenvalue weighted by atomic mass is 32.1. The van der Waals surface area contributed by atoms with Crippen LogP contribution >= 0.6 is 11.3 Å². The molecule has 0 unspecified atom stereocenters. The maximum absolute atomic E-state index is 12.8. The Kier molecular flexibility index (Phi) is 4.52. The van der Waals surface area contributed by atoms with Crippen molar-refractivity contribution in [3.05, 3.63) is 70.4 Å². The van der Waals surface area contributed by atoms with Crippen LogP contribution in [0.1, 0.15) is 33.9 Å². The summed E-state index contributed by atoms with van der Waals surface area (Å²) in [5.41, 5.74) is 1.38. The van der Waals surface area contributed by atoms with E-state index in [0.717, 1.165) is 0 Å². The summed E-state index contributed by atoms with van der Waals surface area (Å²) < 4.78 is 11.4. The fourth-order valence-corrected chi connectivity index (χ4v) is 3.50. The Labute approximate surface area is 166 Å². The Morgan fingerprint density at radius 2 is 1.68 bits per heavy atom. The summed E-state index contributed by atoms with van der Waals surface area (Å²) in [5.74, 6) is -0.113. The first-order chi connectivity index (χ1) is 13.4. The number of fused-ring (bicyclic) bond motifs is 1. The van der Waals surface area contributed by atoms with Gasteiger partial charge in [-0.3, -0.25) is 9.59 Å². The maximum Gasteiger partial charge on any atom is 0.265 e. The van der Waals surface area contributed by atoms with Gasteiger partial charge in [0.05, 0.1) is 16.1 Å². The number of hydrogen-bond acceptors (Lipinski definition) is 5. The minimum absolute atomic E-state index is 0.249. The van der Waals surface area contributed by atoms with E-state index >= 15 is 0 Å². The van der Waals surface area contributed by atoms with E-state index in [0.29, 0.717) is 33.3 Å². The molecule has 0 aliphatic carbocycles. The molecule has 0 spiro atoms. The molecule has 2 heterocycles. The molecule has 28 heavy (non-hydrogen) atoms. The second kappa shape index (κ2) is 7.01. The molecule has 4 rings (SSSR count). The van der Waals surface area contributed by atoms with Crippen molar-refractivity contribution in [2.24, 2.45) is 0 Å². The van der Waals surface area contributed by atoms with Crippen LogP contribution in [0.3, 0.4) is 0 Å². The fraction of sp³-hybridized carbons (Fsp3) is 0.143. The van der Waals surface area contributed by atoms with E-state index in [4.69, 9.17) is 9.47 Å². The van der Waals surface area contributed by atoms with Crippen LogP contribution in [0, 0.1) is 0 Å². The third-order valence-electron chi connectivity index (χ3n) is 4.08. The van der Waals surface area contributed by atoms with Crippen LogP contribution in [0.15, 0.2) is 60.0 Å². The molecule has 1 aliphatic heterocycles. The van der Waals surface area contributed by atoms with E-state index in [9.17, 15) is 9.59 Å². The Hall–Kier alpha value is -3.32. The first kappa shape index (κ1) is 18.1. The van der Waals surface area contributed by atoms with Crippen molar-refractivity contribution in [1.82, 2.24) is 0 Å². The Bertz CT molecular complexity index is 1040. The number of amides is 2. The molecule has 7 heteroatoms. The number of anilines is 2. The molecule has 2 amide bonds. The number of thiophene rings is 1. The minimum Gasteiger partial charge on any atom is -0.449 e. The zero-order valence-corrected chi connectivity index (χ0v) is 16.1. The molecule has 0 atom stereocenters. The molecule has 6 nitrogen and oxygen atoms in total. The van der Waals surface area contributed by atoms with Crippen molar-refractivity contribution in [2.75, 3.05) is 10.6 Å². The van der Waals surface area contributed by atoms with Gasteiger partial charge in [0.15, 0.2) is 11.5 Å². The summed E-state index contributed by atoms with van der Waals surface area (Å²) in [6, 6.07) is 15.6. The van der Waals surface area contributed by atoms with Gasteiger partial charge in [-0.1, -0.05) is 18.2 Å². The lowest BCUT2D eigenvalue weighted by molar-refractivity contribution is -0.0431. The van der Waals surface area contributed by atoms with Gasteiger partial charge in [0, 0.05) is 25.6 Å². The summed E-state index contributed by atoms with van der Waals surface area (Å²) in [6.07, 6.45) is 0. The van der Waals surface area contributed by atoms with Gasteiger partial charge in [0.1, 0.15) is 0 Å². The van der Waals surface area contributed by atoms with E-state index in [1.165, 1.54) is 11.3 Å². The van der Waals surface area contributed by atoms with E-state index in [2.05, 4.69) is 10.6 Å². The molecule has 3 aromatic rings. The molecular weight excluding hydrogens is 376 g/mol. The fourth-order valence-electron chi connectivity index (χ4n) is 2.88. The van der Waals surface area contributed by atoms with Crippen LogP contribution < -0.4 is 20.1 Å². The Balaban J connectivity index is 1.53. The van der Waals surface area contributed by atoms with Crippen molar-refractivity contribution < 1.29 is 19.1 Å². The van der Waals surface area contributed by atoms with Crippen molar-refractivity contribution in [2.45, 2.75) is 19.6 Å². The van der Waals surface area contributed by atoms with Gasteiger partial charge < -0.3 is 20.1 Å². The first-order valence-corrected chi connectivity index (χ1v) is 9.56. The van der Waals surface area contributed by atoms with Crippen LogP contribution in [-0.2, 0) is 0 Å². The number of rotatable bonds is 4. The summed E-state index contributed by atoms with van der Waals surface area (Å²) in [4.78, 5) is 25.7. The summed E-state index contributed by atoms with van der Waals surface area (Å²) in [7, 11) is 0. The molecular formula is C21H18N2O4S. The van der Waals surface area contributed by atoms with Crippen molar-refractivity contribution in [3.8, 4) is 11.5 Å². The quantitative estimate of drug-likeness (QED) is 0.669. The van der Waals surface area contributed by atoms with Gasteiger partial charge in [-0.15, -0.1) is 11.3 Å². The summed E-state index contributed by atoms with van der Waals surface area (Å²) in [5, 5.41) is 7.47. The van der Waals surface area contributed by atoms with Gasteiger partial charge in [-0.05, 0) is 35.7 Å². The number of ether oxygens (including phenoxy) is 2. The predicted molar refractivity (Wildman–Crippen MR) is 108 cm³/mol. The predicted octanol–water partition coefficient (Wildman–Crippen LogP) is 4.76. The molecule has 142 valence electrons. The summed E-state index contributed by atoms with van der Waals surface area (Å²) in [6.45, 7) is 3.63. The highest BCUT2D eigenvalue weighted by Crippen LogP contribution is 2.40. The van der Waals surface area contributed by atoms with Crippen LogP contribution in [0.5, 0.6) is 11.5 Å². The minimum atomic E-state index is -0.733. The normalized spacial score (nSPS) is 13.8. The number of benzene rings is 2. The summed E-state index contributed by atoms with van der Waals surface area (Å²) >= 11 is 1.34. The smallest absolute Gasteiger partial charge is 0.265 e.